The number of carbonyl (C=O) groups is 2. The topological polar surface area (TPSA) is 75.6 Å². The number of piperidine rings is 1. The predicted molar refractivity (Wildman–Crippen MR) is 96.8 cm³/mol. The predicted octanol–water partition coefficient (Wildman–Crippen LogP) is 1.74. The van der Waals surface area contributed by atoms with Gasteiger partial charge in [0, 0.05) is 10.9 Å². The molecule has 0 unspecified atom stereocenters. The minimum Gasteiger partial charge on any atom is -0.464 e. The van der Waals surface area contributed by atoms with Gasteiger partial charge in [0.15, 0.2) is 0 Å². The van der Waals surface area contributed by atoms with Crippen molar-refractivity contribution < 1.29 is 23.6 Å². The Bertz CT molecular complexity index is 810. The average molecular weight is 362 g/mol. The van der Waals surface area contributed by atoms with Gasteiger partial charge in [-0.05, 0) is 37.0 Å². The van der Waals surface area contributed by atoms with Gasteiger partial charge in [0.1, 0.15) is 11.5 Å². The van der Waals surface area contributed by atoms with Gasteiger partial charge in [-0.2, -0.15) is 0 Å². The van der Waals surface area contributed by atoms with Gasteiger partial charge in [0.25, 0.3) is 0 Å². The molecular weight excluding hydrogens is 337 g/mol. The highest BCUT2D eigenvalue weighted by atomic mass is 19.1. The van der Waals surface area contributed by atoms with Gasteiger partial charge in [-0.1, -0.05) is 6.92 Å². The fourth-order valence-corrected chi connectivity index (χ4v) is 3.46. The summed E-state index contributed by atoms with van der Waals surface area (Å²) in [5, 5.41) is 3.23. The Morgan fingerprint density at radius 3 is 2.77 bits per heavy atom. The van der Waals surface area contributed by atoms with Gasteiger partial charge in [-0.3, -0.25) is 4.79 Å². The largest absolute Gasteiger partial charge is 0.464 e. The molecule has 1 aliphatic heterocycles. The Kier molecular flexibility index (Phi) is 5.56. The van der Waals surface area contributed by atoms with Crippen LogP contribution in [0, 0.1) is 11.7 Å². The third-order valence-corrected chi connectivity index (χ3v) is 5.10. The van der Waals surface area contributed by atoms with E-state index >= 15 is 0 Å². The standard InChI is InChI=1S/C19H24FN3O3/c1-12-5-8-23(9-6-12)10-7-16(24)22-17-14-11-13(20)3-4-15(14)21-18(17)19(25)26-2/h3-4,11-12,21H,5-10H2,1-2H3,(H,22,24)/p+1. The number of nitrogens with one attached hydrogen (secondary N) is 3. The minimum absolute atomic E-state index is 0.126. The van der Waals surface area contributed by atoms with E-state index in [4.69, 9.17) is 4.74 Å². The van der Waals surface area contributed by atoms with E-state index in [1.165, 1.54) is 43.1 Å². The molecule has 0 spiro atoms. The number of benzene rings is 1. The molecule has 26 heavy (non-hydrogen) atoms. The summed E-state index contributed by atoms with van der Waals surface area (Å²) in [7, 11) is 1.26. The highest BCUT2D eigenvalue weighted by Crippen LogP contribution is 2.29. The maximum Gasteiger partial charge on any atom is 0.356 e. The van der Waals surface area contributed by atoms with Gasteiger partial charge in [-0.15, -0.1) is 0 Å². The lowest BCUT2D eigenvalue weighted by molar-refractivity contribution is -0.905. The molecule has 1 aromatic carbocycles. The number of amides is 1. The number of H-pyrrole nitrogens is 1. The molecule has 2 aromatic rings. The van der Waals surface area contributed by atoms with Gasteiger partial charge >= 0.3 is 5.97 Å². The van der Waals surface area contributed by atoms with Crippen molar-refractivity contribution in [3.05, 3.63) is 29.7 Å². The van der Waals surface area contributed by atoms with E-state index in [9.17, 15) is 14.0 Å². The number of ether oxygens (including phenoxy) is 1. The molecule has 1 aromatic heterocycles. The second-order valence-corrected chi connectivity index (χ2v) is 7.04. The maximum absolute atomic E-state index is 13.6. The Morgan fingerprint density at radius 2 is 2.08 bits per heavy atom. The summed E-state index contributed by atoms with van der Waals surface area (Å²) in [4.78, 5) is 28.8. The van der Waals surface area contributed by atoms with Gasteiger partial charge in [-0.25, -0.2) is 9.18 Å². The second-order valence-electron chi connectivity index (χ2n) is 7.04. The van der Waals surface area contributed by atoms with Crippen LogP contribution < -0.4 is 10.2 Å². The fraction of sp³-hybridized carbons (Fsp3) is 0.474. The van der Waals surface area contributed by atoms with Crippen LogP contribution in [-0.4, -0.2) is 43.6 Å². The summed E-state index contributed by atoms with van der Waals surface area (Å²) in [6, 6.07) is 4.13. The highest BCUT2D eigenvalue weighted by molar-refractivity contribution is 6.10. The fourth-order valence-electron chi connectivity index (χ4n) is 3.46. The number of esters is 1. The number of halogens is 1. The smallest absolute Gasteiger partial charge is 0.356 e. The van der Waals surface area contributed by atoms with Crippen molar-refractivity contribution >= 4 is 28.5 Å². The van der Waals surface area contributed by atoms with E-state index in [2.05, 4.69) is 17.2 Å². The van der Waals surface area contributed by atoms with Crippen molar-refractivity contribution in [2.45, 2.75) is 26.2 Å². The molecule has 0 aliphatic carbocycles. The summed E-state index contributed by atoms with van der Waals surface area (Å²) < 4.78 is 18.4. The molecule has 3 N–H and O–H groups in total. The first kappa shape index (κ1) is 18.4. The average Bonchev–Trinajstić information content (AvgIpc) is 2.98. The summed E-state index contributed by atoms with van der Waals surface area (Å²) in [6.45, 7) is 5.18. The van der Waals surface area contributed by atoms with E-state index in [1.54, 1.807) is 0 Å². The molecule has 140 valence electrons. The molecule has 0 radical (unpaired) electrons. The molecule has 0 atom stereocenters. The van der Waals surface area contributed by atoms with Crippen molar-refractivity contribution in [1.82, 2.24) is 4.98 Å². The van der Waals surface area contributed by atoms with Crippen LogP contribution >= 0.6 is 0 Å². The van der Waals surface area contributed by atoms with E-state index < -0.39 is 11.8 Å². The Labute approximate surface area is 151 Å². The zero-order chi connectivity index (χ0) is 18.7. The van der Waals surface area contributed by atoms with Crippen LogP contribution in [0.1, 0.15) is 36.7 Å². The molecule has 3 rings (SSSR count). The number of carbonyl (C=O) groups excluding carboxylic acids is 2. The van der Waals surface area contributed by atoms with Gasteiger partial charge < -0.3 is 19.9 Å². The quantitative estimate of drug-likeness (QED) is 0.709. The molecule has 1 aliphatic rings. The first-order valence-corrected chi connectivity index (χ1v) is 9.01. The van der Waals surface area contributed by atoms with Crippen LogP contribution in [0.25, 0.3) is 10.9 Å². The zero-order valence-corrected chi connectivity index (χ0v) is 15.2. The Balaban J connectivity index is 1.73. The second kappa shape index (κ2) is 7.86. The van der Waals surface area contributed by atoms with Crippen LogP contribution in [0.2, 0.25) is 0 Å². The van der Waals surface area contributed by atoms with Crippen molar-refractivity contribution in [3.63, 3.8) is 0 Å². The first-order chi connectivity index (χ1) is 12.5. The summed E-state index contributed by atoms with van der Waals surface area (Å²) >= 11 is 0. The van der Waals surface area contributed by atoms with Crippen LogP contribution in [0.15, 0.2) is 18.2 Å². The number of hydrogen-bond donors (Lipinski definition) is 3. The molecule has 1 fully saturated rings. The molecular formula is C19H25FN3O3+. The molecule has 6 nitrogen and oxygen atoms in total. The zero-order valence-electron chi connectivity index (χ0n) is 15.2. The normalized spacial score (nSPS) is 20.1. The lowest BCUT2D eigenvalue weighted by atomic mass is 9.99. The van der Waals surface area contributed by atoms with Crippen molar-refractivity contribution in [1.29, 1.82) is 0 Å². The van der Waals surface area contributed by atoms with Crippen LogP contribution in [0.4, 0.5) is 10.1 Å². The van der Waals surface area contributed by atoms with Crippen molar-refractivity contribution in [2.24, 2.45) is 5.92 Å². The van der Waals surface area contributed by atoms with Crippen molar-refractivity contribution in [2.75, 3.05) is 32.1 Å². The first-order valence-electron chi connectivity index (χ1n) is 9.01. The van der Waals surface area contributed by atoms with E-state index in [-0.39, 0.29) is 17.3 Å². The van der Waals surface area contributed by atoms with Crippen LogP contribution in [0.5, 0.6) is 0 Å². The van der Waals surface area contributed by atoms with Crippen LogP contribution in [-0.2, 0) is 9.53 Å². The highest BCUT2D eigenvalue weighted by Gasteiger charge is 2.23. The number of likely N-dealkylation sites (tertiary alicyclic amines) is 1. The Hall–Kier alpha value is -2.41. The molecule has 1 amide bonds. The summed E-state index contributed by atoms with van der Waals surface area (Å²) in [6.07, 6.45) is 2.72. The number of aromatic nitrogens is 1. The molecule has 2 heterocycles. The number of aromatic amines is 1. The summed E-state index contributed by atoms with van der Waals surface area (Å²) in [5.74, 6) is -0.467. The van der Waals surface area contributed by atoms with E-state index in [1.807, 2.05) is 0 Å². The molecule has 1 saturated heterocycles. The number of rotatable bonds is 5. The number of hydrogen-bond acceptors (Lipinski definition) is 3. The van der Waals surface area contributed by atoms with E-state index in [0.717, 1.165) is 25.6 Å². The SMILES string of the molecule is COC(=O)c1[nH]c2ccc(F)cc2c1NC(=O)CC[NH+]1CCC(C)CC1. The van der Waals surface area contributed by atoms with Gasteiger partial charge in [0.2, 0.25) is 5.91 Å². The van der Waals surface area contributed by atoms with Crippen LogP contribution in [0.3, 0.4) is 0 Å². The maximum atomic E-state index is 13.6. The van der Waals surface area contributed by atoms with E-state index in [0.29, 0.717) is 17.3 Å². The number of anilines is 1. The Morgan fingerprint density at radius 1 is 1.35 bits per heavy atom. The van der Waals surface area contributed by atoms with Crippen molar-refractivity contribution in [3.8, 4) is 0 Å². The monoisotopic (exact) mass is 362 g/mol. The summed E-state index contributed by atoms with van der Waals surface area (Å²) in [5.41, 5.74) is 0.969. The third kappa shape index (κ3) is 4.04. The molecule has 0 saturated carbocycles. The lowest BCUT2D eigenvalue weighted by Gasteiger charge is -2.27. The number of fused-ring (bicyclic) bond motifs is 1. The molecule has 0 bridgehead atoms. The van der Waals surface area contributed by atoms with Gasteiger partial charge in [0.05, 0.1) is 38.9 Å². The lowest BCUT2D eigenvalue weighted by Crippen LogP contribution is -3.13. The third-order valence-electron chi connectivity index (χ3n) is 5.10. The molecule has 7 heteroatoms. The number of quaternary nitrogens is 1. The number of methoxy groups -OCH3 is 1. The minimum atomic E-state index is -0.604.